The van der Waals surface area contributed by atoms with Gasteiger partial charge in [-0.2, -0.15) is 0 Å². The quantitative estimate of drug-likeness (QED) is 0.177. The standard InChI is InChI=1S/C30H30O7/c1-3-21-15-23(34-17-25-19-36-25)7-9-27(21)29(5-1)32-13-11-31-12-14-33-30-6-2-4-22-16-24(8-10-28(22)30)35-18-26-20-37-26/h1-10,15-16,25-26H,11-14,17-20H2. The van der Waals surface area contributed by atoms with E-state index in [4.69, 9.17) is 33.2 Å². The van der Waals surface area contributed by atoms with Crippen molar-refractivity contribution in [3.63, 3.8) is 0 Å². The topological polar surface area (TPSA) is 71.2 Å². The predicted octanol–water partition coefficient (Wildman–Crippen LogP) is 5.02. The lowest BCUT2D eigenvalue weighted by Crippen LogP contribution is -2.12. The molecule has 0 radical (unpaired) electrons. The minimum atomic E-state index is 0.239. The maximum Gasteiger partial charge on any atom is 0.127 e. The molecule has 0 bridgehead atoms. The molecule has 0 N–H and O–H groups in total. The van der Waals surface area contributed by atoms with Crippen LogP contribution in [0.1, 0.15) is 0 Å². The molecule has 2 heterocycles. The van der Waals surface area contributed by atoms with E-state index in [0.717, 1.165) is 57.8 Å². The molecule has 4 aromatic rings. The normalized spacial score (nSPS) is 18.1. The SMILES string of the molecule is c1cc(OCCOCCOc2cccc3cc(OCC4CO4)ccc23)c2ccc(OCC3CO3)cc2c1. The highest BCUT2D eigenvalue weighted by atomic mass is 16.6. The average Bonchev–Trinajstić information content (AvgIpc) is 3.86. The second kappa shape index (κ2) is 11.3. The molecule has 0 aromatic heterocycles. The van der Waals surface area contributed by atoms with E-state index in [-0.39, 0.29) is 12.2 Å². The molecule has 2 unspecified atom stereocenters. The van der Waals surface area contributed by atoms with E-state index in [9.17, 15) is 0 Å². The summed E-state index contributed by atoms with van der Waals surface area (Å²) in [5, 5.41) is 4.25. The molecule has 7 heteroatoms. The monoisotopic (exact) mass is 502 g/mol. The minimum absolute atomic E-state index is 0.239. The van der Waals surface area contributed by atoms with Crippen molar-refractivity contribution in [1.82, 2.24) is 0 Å². The molecule has 2 fully saturated rings. The summed E-state index contributed by atoms with van der Waals surface area (Å²) in [5.74, 6) is 3.34. The van der Waals surface area contributed by atoms with E-state index in [1.165, 1.54) is 0 Å². The van der Waals surface area contributed by atoms with Gasteiger partial charge < -0.3 is 33.2 Å². The van der Waals surface area contributed by atoms with Crippen molar-refractivity contribution in [1.29, 1.82) is 0 Å². The van der Waals surface area contributed by atoms with E-state index in [1.807, 2.05) is 60.7 Å². The lowest BCUT2D eigenvalue weighted by Gasteiger charge is -2.12. The van der Waals surface area contributed by atoms with Crippen LogP contribution in [0.2, 0.25) is 0 Å². The van der Waals surface area contributed by atoms with E-state index in [1.54, 1.807) is 0 Å². The van der Waals surface area contributed by atoms with Gasteiger partial charge in [-0.3, -0.25) is 0 Å². The summed E-state index contributed by atoms with van der Waals surface area (Å²) in [7, 11) is 0. The molecule has 0 amide bonds. The van der Waals surface area contributed by atoms with Gasteiger partial charge in [0.15, 0.2) is 0 Å². The van der Waals surface area contributed by atoms with Gasteiger partial charge in [-0.05, 0) is 59.3 Å². The Balaban J connectivity index is 0.941. The van der Waals surface area contributed by atoms with Crippen LogP contribution in [0.15, 0.2) is 72.8 Å². The average molecular weight is 503 g/mol. The molecular weight excluding hydrogens is 472 g/mol. The van der Waals surface area contributed by atoms with Crippen LogP contribution in [-0.4, -0.2) is 65.1 Å². The van der Waals surface area contributed by atoms with E-state index in [2.05, 4.69) is 12.1 Å². The molecule has 0 aliphatic carbocycles. The highest BCUT2D eigenvalue weighted by molar-refractivity contribution is 5.90. The highest BCUT2D eigenvalue weighted by Gasteiger charge is 2.23. The first-order valence-electron chi connectivity index (χ1n) is 12.7. The molecule has 0 spiro atoms. The van der Waals surface area contributed by atoms with Crippen LogP contribution in [-0.2, 0) is 14.2 Å². The number of rotatable bonds is 14. The third-order valence-electron chi connectivity index (χ3n) is 6.27. The highest BCUT2D eigenvalue weighted by Crippen LogP contribution is 2.30. The van der Waals surface area contributed by atoms with Crippen molar-refractivity contribution in [2.75, 3.05) is 52.9 Å². The Hall–Kier alpha value is -3.52. The van der Waals surface area contributed by atoms with Crippen LogP contribution in [0.4, 0.5) is 0 Å². The summed E-state index contributed by atoms with van der Waals surface area (Å²) in [6, 6.07) is 24.1. The van der Waals surface area contributed by atoms with Crippen LogP contribution < -0.4 is 18.9 Å². The Labute approximate surface area is 215 Å². The lowest BCUT2D eigenvalue weighted by atomic mass is 10.1. The molecular formula is C30H30O7. The van der Waals surface area contributed by atoms with Crippen LogP contribution in [0.25, 0.3) is 21.5 Å². The summed E-state index contributed by atoms with van der Waals surface area (Å²) in [4.78, 5) is 0. The smallest absolute Gasteiger partial charge is 0.127 e. The number of hydrogen-bond donors (Lipinski definition) is 0. The summed E-state index contributed by atoms with van der Waals surface area (Å²) in [5.41, 5.74) is 0. The zero-order valence-corrected chi connectivity index (χ0v) is 20.6. The van der Waals surface area contributed by atoms with Gasteiger partial charge >= 0.3 is 0 Å². The zero-order chi connectivity index (χ0) is 24.9. The van der Waals surface area contributed by atoms with Crippen LogP contribution >= 0.6 is 0 Å². The number of ether oxygens (including phenoxy) is 7. The molecule has 192 valence electrons. The largest absolute Gasteiger partial charge is 0.491 e. The van der Waals surface area contributed by atoms with Gasteiger partial charge in [-0.25, -0.2) is 0 Å². The first-order valence-corrected chi connectivity index (χ1v) is 12.7. The molecule has 6 rings (SSSR count). The summed E-state index contributed by atoms with van der Waals surface area (Å²) >= 11 is 0. The Kier molecular flexibility index (Phi) is 7.26. The molecule has 2 aliphatic heterocycles. The zero-order valence-electron chi connectivity index (χ0n) is 20.6. The van der Waals surface area contributed by atoms with Crippen molar-refractivity contribution in [2.45, 2.75) is 12.2 Å². The predicted molar refractivity (Wildman–Crippen MR) is 140 cm³/mol. The van der Waals surface area contributed by atoms with Gasteiger partial charge in [-0.1, -0.05) is 24.3 Å². The third-order valence-corrected chi connectivity index (χ3v) is 6.27. The van der Waals surface area contributed by atoms with Crippen molar-refractivity contribution in [2.24, 2.45) is 0 Å². The van der Waals surface area contributed by atoms with Gasteiger partial charge in [0, 0.05) is 10.8 Å². The summed E-state index contributed by atoms with van der Waals surface area (Å²) in [6.07, 6.45) is 0.479. The Bertz CT molecular complexity index is 1240. The fourth-order valence-electron chi connectivity index (χ4n) is 4.13. The fraction of sp³-hybridized carbons (Fsp3) is 0.333. The Morgan fingerprint density at radius 1 is 0.568 bits per heavy atom. The van der Waals surface area contributed by atoms with Crippen LogP contribution in [0.3, 0.4) is 0 Å². The van der Waals surface area contributed by atoms with Crippen LogP contribution in [0.5, 0.6) is 23.0 Å². The summed E-state index contributed by atoms with van der Waals surface area (Å²) < 4.78 is 39.7. The fourth-order valence-corrected chi connectivity index (χ4v) is 4.13. The van der Waals surface area contributed by atoms with Crippen LogP contribution in [0, 0.1) is 0 Å². The molecule has 2 aliphatic rings. The minimum Gasteiger partial charge on any atom is -0.491 e. The second-order valence-electron chi connectivity index (χ2n) is 9.12. The summed E-state index contributed by atoms with van der Waals surface area (Å²) in [6.45, 7) is 4.63. The molecule has 7 nitrogen and oxygen atoms in total. The first kappa shape index (κ1) is 23.9. The molecule has 4 aromatic carbocycles. The number of benzene rings is 4. The molecule has 2 saturated heterocycles. The van der Waals surface area contributed by atoms with Gasteiger partial charge in [0.05, 0.1) is 26.4 Å². The molecule has 37 heavy (non-hydrogen) atoms. The number of epoxide rings is 2. The second-order valence-corrected chi connectivity index (χ2v) is 9.12. The van der Waals surface area contributed by atoms with Gasteiger partial charge in [0.25, 0.3) is 0 Å². The molecule has 2 atom stereocenters. The van der Waals surface area contributed by atoms with Crippen molar-refractivity contribution >= 4 is 21.5 Å². The Morgan fingerprint density at radius 2 is 1.05 bits per heavy atom. The van der Waals surface area contributed by atoms with E-state index >= 15 is 0 Å². The first-order chi connectivity index (χ1) is 18.3. The maximum atomic E-state index is 5.99. The lowest BCUT2D eigenvalue weighted by molar-refractivity contribution is 0.0771. The van der Waals surface area contributed by atoms with E-state index in [0.29, 0.717) is 39.6 Å². The van der Waals surface area contributed by atoms with Crippen molar-refractivity contribution < 1.29 is 33.2 Å². The van der Waals surface area contributed by atoms with E-state index < -0.39 is 0 Å². The maximum absolute atomic E-state index is 5.99. The third kappa shape index (κ3) is 6.43. The molecule has 0 saturated carbocycles. The van der Waals surface area contributed by atoms with Gasteiger partial charge in [0.1, 0.15) is 61.6 Å². The Morgan fingerprint density at radius 3 is 1.51 bits per heavy atom. The van der Waals surface area contributed by atoms with Crippen molar-refractivity contribution in [3.8, 4) is 23.0 Å². The number of fused-ring (bicyclic) bond motifs is 2. The van der Waals surface area contributed by atoms with Crippen molar-refractivity contribution in [3.05, 3.63) is 72.8 Å². The number of hydrogen-bond acceptors (Lipinski definition) is 7. The van der Waals surface area contributed by atoms with Gasteiger partial charge in [-0.15, -0.1) is 0 Å². The van der Waals surface area contributed by atoms with Gasteiger partial charge in [0.2, 0.25) is 0 Å².